The molecule has 0 amide bonds. The first-order chi connectivity index (χ1) is 9.36. The molecule has 1 atom stereocenters. The highest BCUT2D eigenvalue weighted by Gasteiger charge is 2.33. The van der Waals surface area contributed by atoms with E-state index in [1.54, 1.807) is 7.11 Å². The van der Waals surface area contributed by atoms with Gasteiger partial charge in [0.2, 0.25) is 0 Å². The molecule has 1 saturated heterocycles. The minimum absolute atomic E-state index is 0.690. The summed E-state index contributed by atoms with van der Waals surface area (Å²) in [6.07, 6.45) is 5.20. The largest absolute Gasteiger partial charge is 0.496 e. The first kappa shape index (κ1) is 12.9. The van der Waals surface area contributed by atoms with Gasteiger partial charge in [-0.15, -0.1) is 0 Å². The molecule has 1 unspecified atom stereocenters. The molecule has 1 aromatic carbocycles. The Labute approximate surface area is 115 Å². The number of methoxy groups -OCH3 is 1. The van der Waals surface area contributed by atoms with Crippen molar-refractivity contribution in [3.63, 3.8) is 0 Å². The maximum atomic E-state index is 5.39. The number of hydrogen-bond acceptors (Lipinski definition) is 3. The highest BCUT2D eigenvalue weighted by atomic mass is 16.5. The minimum Gasteiger partial charge on any atom is -0.496 e. The SMILES string of the molecule is COc1ccccc1CCNC1CCN(C2CC2)C1. The molecule has 3 rings (SSSR count). The average molecular weight is 260 g/mol. The highest BCUT2D eigenvalue weighted by Crippen LogP contribution is 2.29. The molecule has 1 saturated carbocycles. The van der Waals surface area contributed by atoms with Crippen LogP contribution >= 0.6 is 0 Å². The number of benzene rings is 1. The fourth-order valence-electron chi connectivity index (χ4n) is 3.05. The molecule has 0 aromatic heterocycles. The van der Waals surface area contributed by atoms with Crippen LogP contribution in [0, 0.1) is 0 Å². The van der Waals surface area contributed by atoms with Gasteiger partial charge in [-0.3, -0.25) is 4.90 Å². The Balaban J connectivity index is 1.43. The molecule has 19 heavy (non-hydrogen) atoms. The number of nitrogens with one attached hydrogen (secondary N) is 1. The van der Waals surface area contributed by atoms with Gasteiger partial charge < -0.3 is 10.1 Å². The lowest BCUT2D eigenvalue weighted by molar-refractivity contribution is 0.317. The van der Waals surface area contributed by atoms with E-state index in [0.29, 0.717) is 6.04 Å². The lowest BCUT2D eigenvalue weighted by Gasteiger charge is -2.16. The zero-order valence-electron chi connectivity index (χ0n) is 11.8. The molecule has 1 aromatic rings. The second kappa shape index (κ2) is 5.93. The lowest BCUT2D eigenvalue weighted by atomic mass is 10.1. The number of nitrogens with zero attached hydrogens (tertiary/aromatic N) is 1. The van der Waals surface area contributed by atoms with Gasteiger partial charge in [-0.05, 0) is 43.9 Å². The number of hydrogen-bond donors (Lipinski definition) is 1. The zero-order valence-corrected chi connectivity index (χ0v) is 11.8. The predicted octanol–water partition coefficient (Wildman–Crippen LogP) is 2.06. The summed E-state index contributed by atoms with van der Waals surface area (Å²) < 4.78 is 5.39. The fourth-order valence-corrected chi connectivity index (χ4v) is 3.05. The molecule has 1 aliphatic carbocycles. The van der Waals surface area contributed by atoms with Crippen LogP contribution in [0.25, 0.3) is 0 Å². The third-order valence-corrected chi connectivity index (χ3v) is 4.30. The van der Waals surface area contributed by atoms with Crippen molar-refractivity contribution in [2.24, 2.45) is 0 Å². The topological polar surface area (TPSA) is 24.5 Å². The molecule has 1 heterocycles. The van der Waals surface area contributed by atoms with E-state index in [0.717, 1.165) is 24.8 Å². The number of likely N-dealkylation sites (tertiary alicyclic amines) is 1. The zero-order chi connectivity index (χ0) is 13.1. The molecule has 0 spiro atoms. The van der Waals surface area contributed by atoms with Gasteiger partial charge in [0.1, 0.15) is 5.75 Å². The van der Waals surface area contributed by atoms with Gasteiger partial charge in [0, 0.05) is 25.2 Å². The van der Waals surface area contributed by atoms with Crippen molar-refractivity contribution in [2.45, 2.75) is 37.8 Å². The van der Waals surface area contributed by atoms with E-state index in [4.69, 9.17) is 4.74 Å². The molecule has 0 radical (unpaired) electrons. The second-order valence-electron chi connectivity index (χ2n) is 5.73. The third kappa shape index (κ3) is 3.28. The van der Waals surface area contributed by atoms with Crippen molar-refractivity contribution >= 4 is 0 Å². The molecule has 1 aliphatic heterocycles. The van der Waals surface area contributed by atoms with Crippen molar-refractivity contribution in [1.29, 1.82) is 0 Å². The summed E-state index contributed by atoms with van der Waals surface area (Å²) in [5.74, 6) is 1.01. The summed E-state index contributed by atoms with van der Waals surface area (Å²) in [6.45, 7) is 3.58. The average Bonchev–Trinajstić information content (AvgIpc) is 3.19. The Kier molecular flexibility index (Phi) is 4.04. The Bertz CT molecular complexity index is 417. The van der Waals surface area contributed by atoms with Crippen molar-refractivity contribution < 1.29 is 4.74 Å². The van der Waals surface area contributed by atoms with E-state index >= 15 is 0 Å². The maximum absolute atomic E-state index is 5.39. The van der Waals surface area contributed by atoms with Crippen LogP contribution in [0.3, 0.4) is 0 Å². The molecule has 3 nitrogen and oxygen atoms in total. The maximum Gasteiger partial charge on any atom is 0.122 e. The standard InChI is InChI=1S/C16H24N2O/c1-19-16-5-3-2-4-13(16)8-10-17-14-9-11-18(12-14)15-6-7-15/h2-5,14-15,17H,6-12H2,1H3. The molecule has 1 N–H and O–H groups in total. The van der Waals surface area contributed by atoms with Crippen LogP contribution in [0.1, 0.15) is 24.8 Å². The normalized spacial score (nSPS) is 23.7. The third-order valence-electron chi connectivity index (χ3n) is 4.30. The van der Waals surface area contributed by atoms with E-state index in [9.17, 15) is 0 Å². The molecule has 3 heteroatoms. The summed E-state index contributed by atoms with van der Waals surface area (Å²) >= 11 is 0. The summed E-state index contributed by atoms with van der Waals surface area (Å²) in [4.78, 5) is 2.65. The highest BCUT2D eigenvalue weighted by molar-refractivity contribution is 5.33. The summed E-state index contributed by atoms with van der Waals surface area (Å²) in [5.41, 5.74) is 1.30. The Morgan fingerprint density at radius 3 is 2.89 bits per heavy atom. The monoisotopic (exact) mass is 260 g/mol. The Morgan fingerprint density at radius 2 is 2.11 bits per heavy atom. The first-order valence-electron chi connectivity index (χ1n) is 7.46. The van der Waals surface area contributed by atoms with E-state index in [1.807, 2.05) is 12.1 Å². The van der Waals surface area contributed by atoms with E-state index < -0.39 is 0 Å². The van der Waals surface area contributed by atoms with Crippen LogP contribution in [0.15, 0.2) is 24.3 Å². The van der Waals surface area contributed by atoms with Crippen molar-refractivity contribution in [1.82, 2.24) is 10.2 Å². The summed E-state index contributed by atoms with van der Waals surface area (Å²) in [5, 5.41) is 3.70. The van der Waals surface area contributed by atoms with E-state index in [1.165, 1.54) is 37.9 Å². The van der Waals surface area contributed by atoms with Gasteiger partial charge in [0.15, 0.2) is 0 Å². The molecular formula is C16H24N2O. The summed E-state index contributed by atoms with van der Waals surface area (Å²) in [7, 11) is 1.75. The Morgan fingerprint density at radius 1 is 1.26 bits per heavy atom. The molecular weight excluding hydrogens is 236 g/mol. The van der Waals surface area contributed by atoms with Gasteiger partial charge in [0.25, 0.3) is 0 Å². The summed E-state index contributed by atoms with van der Waals surface area (Å²) in [6, 6.07) is 9.92. The van der Waals surface area contributed by atoms with Crippen LogP contribution in [-0.2, 0) is 6.42 Å². The van der Waals surface area contributed by atoms with E-state index in [2.05, 4.69) is 22.3 Å². The van der Waals surface area contributed by atoms with Gasteiger partial charge in [-0.2, -0.15) is 0 Å². The van der Waals surface area contributed by atoms with Crippen molar-refractivity contribution in [2.75, 3.05) is 26.7 Å². The first-order valence-corrected chi connectivity index (χ1v) is 7.46. The number of ether oxygens (including phenoxy) is 1. The van der Waals surface area contributed by atoms with Crippen LogP contribution in [0.2, 0.25) is 0 Å². The van der Waals surface area contributed by atoms with Gasteiger partial charge >= 0.3 is 0 Å². The molecule has 2 fully saturated rings. The van der Waals surface area contributed by atoms with Crippen LogP contribution in [-0.4, -0.2) is 43.7 Å². The quantitative estimate of drug-likeness (QED) is 0.847. The second-order valence-corrected chi connectivity index (χ2v) is 5.73. The van der Waals surface area contributed by atoms with Crippen LogP contribution in [0.5, 0.6) is 5.75 Å². The molecule has 0 bridgehead atoms. The van der Waals surface area contributed by atoms with Gasteiger partial charge in [-0.1, -0.05) is 18.2 Å². The molecule has 2 aliphatic rings. The van der Waals surface area contributed by atoms with Crippen molar-refractivity contribution in [3.8, 4) is 5.75 Å². The number of rotatable bonds is 6. The lowest BCUT2D eigenvalue weighted by Crippen LogP contribution is -2.34. The van der Waals surface area contributed by atoms with Gasteiger partial charge in [0.05, 0.1) is 7.11 Å². The van der Waals surface area contributed by atoms with Crippen LogP contribution < -0.4 is 10.1 Å². The fraction of sp³-hybridized carbons (Fsp3) is 0.625. The smallest absolute Gasteiger partial charge is 0.122 e. The predicted molar refractivity (Wildman–Crippen MR) is 77.7 cm³/mol. The van der Waals surface area contributed by atoms with Crippen LogP contribution in [0.4, 0.5) is 0 Å². The minimum atomic E-state index is 0.690. The van der Waals surface area contributed by atoms with Crippen molar-refractivity contribution in [3.05, 3.63) is 29.8 Å². The van der Waals surface area contributed by atoms with E-state index in [-0.39, 0.29) is 0 Å². The molecule has 104 valence electrons. The Hall–Kier alpha value is -1.06. The number of para-hydroxylation sites is 1. The van der Waals surface area contributed by atoms with Gasteiger partial charge in [-0.25, -0.2) is 0 Å².